The fraction of sp³-hybridized carbons (Fsp3) is 0.0833. The normalized spacial score (nSPS) is 9.82. The number of ether oxygens (including phenoxy) is 2. The first kappa shape index (κ1) is 22.0. The number of hydrogen-bond acceptors (Lipinski definition) is 2. The maximum absolute atomic E-state index is 5.59. The van der Waals surface area contributed by atoms with E-state index in [-0.39, 0.29) is 17.1 Å². The van der Waals surface area contributed by atoms with Gasteiger partial charge in [-0.3, -0.25) is 0 Å². The van der Waals surface area contributed by atoms with E-state index >= 15 is 0 Å². The molecule has 0 aliphatic heterocycles. The minimum Gasteiger partial charge on any atom is -0.748 e. The summed E-state index contributed by atoms with van der Waals surface area (Å²) in [6.07, 6.45) is 0. The third kappa shape index (κ3) is 5.36. The van der Waals surface area contributed by atoms with Crippen molar-refractivity contribution in [2.75, 3.05) is 14.2 Å². The Hall–Kier alpha value is -2.31. The van der Waals surface area contributed by atoms with E-state index in [1.54, 1.807) is 14.2 Å². The molecule has 0 saturated carbocycles. The van der Waals surface area contributed by atoms with Gasteiger partial charge in [0, 0.05) is 27.7 Å². The zero-order valence-corrected chi connectivity index (χ0v) is 17.9. The molecule has 4 rings (SSSR count). The van der Waals surface area contributed by atoms with Crippen molar-refractivity contribution in [2.45, 2.75) is 0 Å². The van der Waals surface area contributed by atoms with E-state index in [2.05, 4.69) is 48.5 Å². The van der Waals surface area contributed by atoms with Gasteiger partial charge in [0.2, 0.25) is 0 Å². The molecule has 0 fully saturated rings. The predicted molar refractivity (Wildman–Crippen MR) is 116 cm³/mol. The van der Waals surface area contributed by atoms with Crippen molar-refractivity contribution in [2.24, 2.45) is 0 Å². The minimum atomic E-state index is -0.712. The maximum Gasteiger partial charge on any atom is 0.126 e. The Bertz CT molecular complexity index is 853. The third-order valence-corrected chi connectivity index (χ3v) is 6.63. The fourth-order valence-electron chi connectivity index (χ4n) is 2.87. The van der Waals surface area contributed by atoms with Crippen molar-refractivity contribution < 1.29 is 26.5 Å². The Morgan fingerprint density at radius 2 is 1.04 bits per heavy atom. The molecule has 0 N–H and O–H groups in total. The van der Waals surface area contributed by atoms with E-state index in [1.165, 1.54) is 15.9 Å². The van der Waals surface area contributed by atoms with Gasteiger partial charge in [-0.25, -0.2) is 12.1 Å². The summed E-state index contributed by atoms with van der Waals surface area (Å²) in [6.45, 7) is 0. The van der Waals surface area contributed by atoms with Crippen molar-refractivity contribution in [3.8, 4) is 11.5 Å². The van der Waals surface area contributed by atoms with Crippen LogP contribution in [0.4, 0.5) is 0 Å². The van der Waals surface area contributed by atoms with Gasteiger partial charge in [0.05, 0.1) is 14.2 Å². The molecule has 0 bridgehead atoms. The van der Waals surface area contributed by atoms with Crippen LogP contribution in [-0.4, -0.2) is 14.2 Å². The molecule has 4 aromatic carbocycles. The molecule has 0 unspecified atom stereocenters. The number of methoxy groups -OCH3 is 2. The molecule has 150 valence electrons. The molecule has 2 nitrogen and oxygen atoms in total. The molecular weight excluding hydrogens is 407 g/mol. The average molecular weight is 430 g/mol. The van der Waals surface area contributed by atoms with Crippen molar-refractivity contribution >= 4 is 23.8 Å². The van der Waals surface area contributed by atoms with Crippen LogP contribution < -0.4 is 25.4 Å². The molecule has 0 amide bonds. The first-order chi connectivity index (χ1) is 13.3. The third-order valence-electron chi connectivity index (χ3n) is 4.11. The zero-order valence-electron chi connectivity index (χ0n) is 15.9. The first-order valence-corrected chi connectivity index (χ1v) is 10.1. The Balaban J connectivity index is 0.000000408. The second-order valence-electron chi connectivity index (χ2n) is 5.78. The van der Waals surface area contributed by atoms with Gasteiger partial charge in [-0.05, 0) is 12.1 Å². The molecule has 0 atom stereocenters. The monoisotopic (exact) mass is 430 g/mol. The summed E-state index contributed by atoms with van der Waals surface area (Å²) in [5, 5.41) is 3.70. The van der Waals surface area contributed by atoms with Gasteiger partial charge in [0.15, 0.2) is 0 Å². The number of hydrogen-bond donors (Lipinski definition) is 0. The molecule has 0 radical (unpaired) electrons. The SMILES string of the molecule is COc1ccccc1P(c1ccccc1OC)[c-]1cccc1.[Fe].[cH-]1[cH-][cH-][cH-][cH-]1. The summed E-state index contributed by atoms with van der Waals surface area (Å²) >= 11 is 0. The molecule has 0 spiro atoms. The van der Waals surface area contributed by atoms with Crippen molar-refractivity contribution in [1.82, 2.24) is 0 Å². The molecule has 0 aromatic heterocycles. The van der Waals surface area contributed by atoms with Gasteiger partial charge in [-0.2, -0.15) is 12.1 Å². The van der Waals surface area contributed by atoms with Crippen LogP contribution in [0, 0.1) is 0 Å². The average Bonchev–Trinajstić information content (AvgIpc) is 3.46. The van der Waals surface area contributed by atoms with Crippen molar-refractivity contribution in [3.63, 3.8) is 0 Å². The summed E-state index contributed by atoms with van der Waals surface area (Å²) in [6, 6.07) is 34.9. The number of benzene rings is 2. The Labute approximate surface area is 179 Å². The van der Waals surface area contributed by atoms with Gasteiger partial charge >= 0.3 is 0 Å². The summed E-state index contributed by atoms with van der Waals surface area (Å²) in [7, 11) is 2.73. The van der Waals surface area contributed by atoms with Crippen LogP contribution >= 0.6 is 7.92 Å². The molecule has 0 aliphatic rings. The van der Waals surface area contributed by atoms with Crippen molar-refractivity contribution in [3.05, 3.63) is 103 Å². The standard InChI is InChI=1S/C19H18O2P.C5H5.Fe/c1-20-16-11-5-7-13-18(16)22(15-9-3-4-10-15)19-14-8-6-12-17(19)21-2;1-2-4-5-3-1;/h3-14H,1-2H3;1-5H;/q-1;-5;. The predicted octanol–water partition coefficient (Wildman–Crippen LogP) is 4.58. The van der Waals surface area contributed by atoms with Crippen LogP contribution in [0.25, 0.3) is 0 Å². The van der Waals surface area contributed by atoms with Gasteiger partial charge < -0.3 is 39.8 Å². The molecule has 0 saturated heterocycles. The fourth-order valence-corrected chi connectivity index (χ4v) is 5.40. The second-order valence-corrected chi connectivity index (χ2v) is 7.94. The summed E-state index contributed by atoms with van der Waals surface area (Å²) in [5.74, 6) is 1.83. The topological polar surface area (TPSA) is 18.5 Å². The van der Waals surface area contributed by atoms with Gasteiger partial charge in [0.25, 0.3) is 0 Å². The quantitative estimate of drug-likeness (QED) is 0.262. The minimum absolute atomic E-state index is 0. The van der Waals surface area contributed by atoms with Crippen LogP contribution in [0.15, 0.2) is 103 Å². The second kappa shape index (κ2) is 11.5. The van der Waals surface area contributed by atoms with Crippen LogP contribution in [0.5, 0.6) is 11.5 Å². The molecule has 4 heteroatoms. The Morgan fingerprint density at radius 1 is 0.643 bits per heavy atom. The van der Waals surface area contributed by atoms with E-state index in [4.69, 9.17) is 9.47 Å². The number of para-hydroxylation sites is 2. The Kier molecular flexibility index (Phi) is 9.04. The van der Waals surface area contributed by atoms with Gasteiger partial charge in [0.1, 0.15) is 11.5 Å². The van der Waals surface area contributed by atoms with Crippen molar-refractivity contribution in [1.29, 1.82) is 0 Å². The molecule has 0 heterocycles. The van der Waals surface area contributed by atoms with E-state index in [9.17, 15) is 0 Å². The molecule has 4 aromatic rings. The maximum atomic E-state index is 5.59. The number of rotatable bonds is 5. The van der Waals surface area contributed by atoms with Crippen LogP contribution in [0.3, 0.4) is 0 Å². The van der Waals surface area contributed by atoms with Crippen LogP contribution in [0.2, 0.25) is 0 Å². The Morgan fingerprint density at radius 3 is 1.43 bits per heavy atom. The first-order valence-electron chi connectivity index (χ1n) is 8.79. The van der Waals surface area contributed by atoms with E-state index < -0.39 is 7.92 Å². The molecule has 28 heavy (non-hydrogen) atoms. The van der Waals surface area contributed by atoms with E-state index in [1.807, 2.05) is 54.6 Å². The van der Waals surface area contributed by atoms with Gasteiger partial charge in [-0.15, -0.1) is 5.30 Å². The molecular formula is C24H23FeO2P-6. The van der Waals surface area contributed by atoms with Crippen LogP contribution in [-0.2, 0) is 17.1 Å². The zero-order chi connectivity index (χ0) is 18.9. The summed E-state index contributed by atoms with van der Waals surface area (Å²) < 4.78 is 11.2. The van der Waals surface area contributed by atoms with E-state index in [0.29, 0.717) is 0 Å². The van der Waals surface area contributed by atoms with Gasteiger partial charge in [-0.1, -0.05) is 44.3 Å². The van der Waals surface area contributed by atoms with Crippen LogP contribution in [0.1, 0.15) is 0 Å². The summed E-state index contributed by atoms with van der Waals surface area (Å²) in [5.41, 5.74) is 0. The largest absolute Gasteiger partial charge is 0.748 e. The smallest absolute Gasteiger partial charge is 0.126 e. The van der Waals surface area contributed by atoms with E-state index in [0.717, 1.165) is 11.5 Å². The summed E-state index contributed by atoms with van der Waals surface area (Å²) in [4.78, 5) is 0. The molecule has 0 aliphatic carbocycles.